The molecule has 1 aliphatic rings. The van der Waals surface area contributed by atoms with Crippen LogP contribution in [0.1, 0.15) is 39.5 Å². The van der Waals surface area contributed by atoms with Crippen molar-refractivity contribution in [1.29, 1.82) is 0 Å². The van der Waals surface area contributed by atoms with E-state index < -0.39 is 0 Å². The van der Waals surface area contributed by atoms with Gasteiger partial charge in [-0.25, -0.2) is 4.79 Å². The molecule has 0 saturated heterocycles. The molecule has 7 nitrogen and oxygen atoms in total. The second kappa shape index (κ2) is 10.7. The Morgan fingerprint density at radius 3 is 2.73 bits per heavy atom. The van der Waals surface area contributed by atoms with Gasteiger partial charge >= 0.3 is 6.09 Å². The number of para-hydroxylation sites is 2. The third-order valence-electron chi connectivity index (χ3n) is 5.25. The topological polar surface area (TPSA) is 79.9 Å². The van der Waals surface area contributed by atoms with Gasteiger partial charge in [0.25, 0.3) is 5.91 Å². The van der Waals surface area contributed by atoms with Crippen LogP contribution in [0.2, 0.25) is 0 Å². The molecule has 0 atom stereocenters. The molecule has 0 radical (unpaired) electrons. The molecule has 1 aromatic carbocycles. The summed E-state index contributed by atoms with van der Waals surface area (Å²) in [5.41, 5.74) is 2.26. The van der Waals surface area contributed by atoms with Gasteiger partial charge in [-0.3, -0.25) is 4.79 Å². The molecule has 0 saturated carbocycles. The second-order valence-corrected chi connectivity index (χ2v) is 9.53. The molecule has 2 aromatic heterocycles. The molecule has 2 N–H and O–H groups in total. The van der Waals surface area contributed by atoms with E-state index in [1.807, 2.05) is 42.6 Å². The number of rotatable bonds is 8. The number of carbonyl (C=O) groups excluding carboxylic acids is 2. The normalized spacial score (nSPS) is 12.7. The average Bonchev–Trinajstić information content (AvgIpc) is 3.46. The standard InChI is InChI=1S/C24H27N3O4S2/c1-3-30-19-10-6-5-9-18(19)26-22(28)21-17-11-12-27(24(29)31-4-2)15-20(17)33-23(21)25-14-16-8-7-13-32-16/h5-10,13,25H,3-4,11-12,14-15H2,1-2H3,(H,26,28). The zero-order chi connectivity index (χ0) is 23.2. The van der Waals surface area contributed by atoms with Crippen molar-refractivity contribution in [3.8, 4) is 5.75 Å². The Balaban J connectivity index is 1.62. The van der Waals surface area contributed by atoms with Crippen LogP contribution in [0.4, 0.5) is 15.5 Å². The van der Waals surface area contributed by atoms with Crippen molar-refractivity contribution in [2.24, 2.45) is 0 Å². The molecular formula is C24H27N3O4S2. The molecule has 0 fully saturated rings. The summed E-state index contributed by atoms with van der Waals surface area (Å²) in [6.45, 7) is 6.15. The molecule has 3 heterocycles. The van der Waals surface area contributed by atoms with Crippen molar-refractivity contribution in [2.45, 2.75) is 33.4 Å². The number of ether oxygens (including phenoxy) is 2. The number of nitrogens with one attached hydrogen (secondary N) is 2. The summed E-state index contributed by atoms with van der Waals surface area (Å²) in [7, 11) is 0. The maximum absolute atomic E-state index is 13.5. The number of fused-ring (bicyclic) bond motifs is 1. The zero-order valence-electron chi connectivity index (χ0n) is 18.7. The number of hydrogen-bond acceptors (Lipinski definition) is 7. The van der Waals surface area contributed by atoms with Crippen LogP contribution in [0.3, 0.4) is 0 Å². The van der Waals surface area contributed by atoms with Crippen molar-refractivity contribution in [3.05, 3.63) is 62.7 Å². The Morgan fingerprint density at radius 2 is 1.97 bits per heavy atom. The molecule has 0 bridgehead atoms. The first-order valence-electron chi connectivity index (χ1n) is 11.0. The Labute approximate surface area is 201 Å². The molecular weight excluding hydrogens is 458 g/mol. The summed E-state index contributed by atoms with van der Waals surface area (Å²) in [6, 6.07) is 11.5. The summed E-state index contributed by atoms with van der Waals surface area (Å²) in [4.78, 5) is 29.6. The molecule has 0 spiro atoms. The highest BCUT2D eigenvalue weighted by molar-refractivity contribution is 7.16. The van der Waals surface area contributed by atoms with Crippen LogP contribution in [0, 0.1) is 0 Å². The van der Waals surface area contributed by atoms with E-state index in [1.165, 1.54) is 16.2 Å². The van der Waals surface area contributed by atoms with E-state index in [0.717, 1.165) is 15.4 Å². The Bertz CT molecular complexity index is 1110. The van der Waals surface area contributed by atoms with Gasteiger partial charge in [0.1, 0.15) is 10.8 Å². The summed E-state index contributed by atoms with van der Waals surface area (Å²) < 4.78 is 10.9. The van der Waals surface area contributed by atoms with Gasteiger partial charge in [-0.1, -0.05) is 18.2 Å². The molecule has 0 aliphatic carbocycles. The number of anilines is 2. The van der Waals surface area contributed by atoms with Crippen molar-refractivity contribution in [2.75, 3.05) is 30.4 Å². The first kappa shape index (κ1) is 23.1. The minimum atomic E-state index is -0.318. The summed E-state index contributed by atoms with van der Waals surface area (Å²) in [5.74, 6) is 0.456. The lowest BCUT2D eigenvalue weighted by molar-refractivity contribution is 0.102. The number of hydrogen-bond donors (Lipinski definition) is 2. The van der Waals surface area contributed by atoms with Crippen LogP contribution >= 0.6 is 22.7 Å². The van der Waals surface area contributed by atoms with Crippen molar-refractivity contribution < 1.29 is 19.1 Å². The van der Waals surface area contributed by atoms with Gasteiger partial charge < -0.3 is 25.0 Å². The van der Waals surface area contributed by atoms with Crippen molar-refractivity contribution >= 4 is 45.4 Å². The van der Waals surface area contributed by atoms with E-state index in [1.54, 1.807) is 23.2 Å². The number of carbonyl (C=O) groups is 2. The highest BCUT2D eigenvalue weighted by atomic mass is 32.1. The molecule has 33 heavy (non-hydrogen) atoms. The fraction of sp³-hybridized carbons (Fsp3) is 0.333. The minimum absolute atomic E-state index is 0.182. The lowest BCUT2D eigenvalue weighted by Crippen LogP contribution is -2.36. The summed E-state index contributed by atoms with van der Waals surface area (Å²) in [6.07, 6.45) is 0.280. The van der Waals surface area contributed by atoms with E-state index in [2.05, 4.69) is 16.7 Å². The minimum Gasteiger partial charge on any atom is -0.492 e. The van der Waals surface area contributed by atoms with Gasteiger partial charge in [0.05, 0.1) is 37.6 Å². The van der Waals surface area contributed by atoms with Crippen LogP contribution in [0.25, 0.3) is 0 Å². The molecule has 1 aliphatic heterocycles. The lowest BCUT2D eigenvalue weighted by Gasteiger charge is -2.26. The maximum Gasteiger partial charge on any atom is 0.410 e. The maximum atomic E-state index is 13.5. The molecule has 2 amide bonds. The fourth-order valence-corrected chi connectivity index (χ4v) is 5.66. The first-order valence-corrected chi connectivity index (χ1v) is 12.7. The molecule has 3 aromatic rings. The summed E-state index contributed by atoms with van der Waals surface area (Å²) >= 11 is 3.20. The lowest BCUT2D eigenvalue weighted by atomic mass is 10.0. The van der Waals surface area contributed by atoms with E-state index in [4.69, 9.17) is 9.47 Å². The molecule has 0 unspecified atom stereocenters. The fourth-order valence-electron chi connectivity index (χ4n) is 3.76. The van der Waals surface area contributed by atoms with E-state index >= 15 is 0 Å². The Morgan fingerprint density at radius 1 is 1.12 bits per heavy atom. The molecule has 174 valence electrons. The zero-order valence-corrected chi connectivity index (χ0v) is 20.3. The smallest absolute Gasteiger partial charge is 0.410 e. The van der Waals surface area contributed by atoms with Gasteiger partial charge in [0, 0.05) is 16.3 Å². The highest BCUT2D eigenvalue weighted by Crippen LogP contribution is 2.38. The van der Waals surface area contributed by atoms with Crippen LogP contribution in [-0.2, 0) is 24.2 Å². The quantitative estimate of drug-likeness (QED) is 0.435. The first-order chi connectivity index (χ1) is 16.1. The SMILES string of the molecule is CCOC(=O)N1CCc2c(sc(NCc3cccs3)c2C(=O)Nc2ccccc2OCC)C1. The van der Waals surface area contributed by atoms with Gasteiger partial charge in [-0.2, -0.15) is 0 Å². The van der Waals surface area contributed by atoms with Gasteiger partial charge in [-0.15, -0.1) is 22.7 Å². The monoisotopic (exact) mass is 485 g/mol. The third kappa shape index (κ3) is 5.31. The Hall–Kier alpha value is -3.04. The Kier molecular flexibility index (Phi) is 7.51. The molecule has 9 heteroatoms. The molecule has 4 rings (SSSR count). The average molecular weight is 486 g/mol. The van der Waals surface area contributed by atoms with Crippen LogP contribution in [0.5, 0.6) is 5.75 Å². The predicted molar refractivity (Wildman–Crippen MR) is 133 cm³/mol. The third-order valence-corrected chi connectivity index (χ3v) is 7.30. The van der Waals surface area contributed by atoms with Gasteiger partial charge in [-0.05, 0) is 49.4 Å². The van der Waals surface area contributed by atoms with E-state index in [9.17, 15) is 9.59 Å². The highest BCUT2D eigenvalue weighted by Gasteiger charge is 2.30. The van der Waals surface area contributed by atoms with Crippen molar-refractivity contribution in [1.82, 2.24) is 4.90 Å². The van der Waals surface area contributed by atoms with Crippen molar-refractivity contribution in [3.63, 3.8) is 0 Å². The van der Waals surface area contributed by atoms with E-state index in [0.29, 0.717) is 56.3 Å². The van der Waals surface area contributed by atoms with Gasteiger partial charge in [0.15, 0.2) is 0 Å². The van der Waals surface area contributed by atoms with Crippen LogP contribution in [-0.4, -0.2) is 36.7 Å². The second-order valence-electron chi connectivity index (χ2n) is 7.39. The largest absolute Gasteiger partial charge is 0.492 e. The van der Waals surface area contributed by atoms with Crippen LogP contribution in [0.15, 0.2) is 41.8 Å². The van der Waals surface area contributed by atoms with E-state index in [-0.39, 0.29) is 12.0 Å². The number of thiophene rings is 2. The predicted octanol–water partition coefficient (Wildman–Crippen LogP) is 5.59. The van der Waals surface area contributed by atoms with Crippen LogP contribution < -0.4 is 15.4 Å². The number of amides is 2. The summed E-state index contributed by atoms with van der Waals surface area (Å²) in [5, 5.41) is 9.33. The number of benzene rings is 1. The van der Waals surface area contributed by atoms with Gasteiger partial charge in [0.2, 0.25) is 0 Å². The number of nitrogens with zero attached hydrogens (tertiary/aromatic N) is 1.